The first-order valence-corrected chi connectivity index (χ1v) is 11.6. The Kier molecular flexibility index (Phi) is 5.49. The number of nitrogens with zero attached hydrogens (tertiary/aromatic N) is 5. The first-order chi connectivity index (χ1) is 15.5. The fourth-order valence-electron chi connectivity index (χ4n) is 5.51. The number of amides is 2. The number of rotatable bonds is 3. The predicted octanol–water partition coefficient (Wildman–Crippen LogP) is 2.62. The Morgan fingerprint density at radius 3 is 2.38 bits per heavy atom. The maximum atomic E-state index is 13.1. The molecule has 3 heterocycles. The number of ether oxygens (including phenoxy) is 1. The average molecular weight is 438 g/mol. The van der Waals surface area contributed by atoms with Gasteiger partial charge in [-0.25, -0.2) is 4.68 Å². The molecule has 2 saturated heterocycles. The highest BCUT2D eigenvalue weighted by atomic mass is 16.5. The monoisotopic (exact) mass is 437 g/mol. The van der Waals surface area contributed by atoms with Gasteiger partial charge in [0.15, 0.2) is 5.69 Å². The van der Waals surface area contributed by atoms with Crippen molar-refractivity contribution in [1.29, 1.82) is 0 Å². The molecule has 1 atom stereocenters. The fourth-order valence-corrected chi connectivity index (χ4v) is 5.51. The van der Waals surface area contributed by atoms with E-state index in [0.717, 1.165) is 49.9 Å². The first-order valence-electron chi connectivity index (χ1n) is 11.6. The van der Waals surface area contributed by atoms with Gasteiger partial charge in [0.05, 0.1) is 25.5 Å². The van der Waals surface area contributed by atoms with Crippen LogP contribution in [0.3, 0.4) is 0 Å². The molecular formula is C24H31N5O3. The summed E-state index contributed by atoms with van der Waals surface area (Å²) in [6.07, 6.45) is 5.91. The van der Waals surface area contributed by atoms with Crippen LogP contribution in [0.2, 0.25) is 0 Å². The number of carbonyl (C=O) groups is 2. The molecule has 1 aliphatic carbocycles. The number of aryl methyl sites for hydroxylation is 2. The highest BCUT2D eigenvalue weighted by Gasteiger charge is 2.50. The van der Waals surface area contributed by atoms with Crippen molar-refractivity contribution in [3.63, 3.8) is 0 Å². The van der Waals surface area contributed by atoms with Crippen LogP contribution in [0.4, 0.5) is 0 Å². The SMILES string of the molecule is Cc1ccc(C(=O)N2CCC3(CCC3n3cc(C(=O)N4CCOCC4)nn3)CC2)c(C)c1. The standard InChI is InChI=1S/C24H31N5O3/c1-17-3-4-19(18(2)15-17)22(30)27-9-7-24(8-10-27)6-5-21(24)29-16-20(25-26-29)23(31)28-11-13-32-14-12-28/h3-4,15-16,21H,5-14H2,1-2H3. The summed E-state index contributed by atoms with van der Waals surface area (Å²) in [5.41, 5.74) is 3.58. The Hall–Kier alpha value is -2.74. The minimum Gasteiger partial charge on any atom is -0.378 e. The van der Waals surface area contributed by atoms with Crippen LogP contribution < -0.4 is 0 Å². The van der Waals surface area contributed by atoms with Gasteiger partial charge >= 0.3 is 0 Å². The number of carbonyl (C=O) groups excluding carboxylic acids is 2. The minimum absolute atomic E-state index is 0.0678. The average Bonchev–Trinajstić information content (AvgIpc) is 3.27. The van der Waals surface area contributed by atoms with E-state index in [4.69, 9.17) is 4.74 Å². The van der Waals surface area contributed by atoms with Crippen LogP contribution in [0.5, 0.6) is 0 Å². The Balaban J connectivity index is 1.24. The number of aromatic nitrogens is 3. The zero-order valence-corrected chi connectivity index (χ0v) is 18.9. The molecule has 1 unspecified atom stereocenters. The van der Waals surface area contributed by atoms with Crippen LogP contribution in [0.1, 0.15) is 63.7 Å². The summed E-state index contributed by atoms with van der Waals surface area (Å²) < 4.78 is 7.23. The quantitative estimate of drug-likeness (QED) is 0.737. The number of likely N-dealkylation sites (tertiary alicyclic amines) is 1. The Morgan fingerprint density at radius 2 is 1.72 bits per heavy atom. The smallest absolute Gasteiger partial charge is 0.276 e. The van der Waals surface area contributed by atoms with Gasteiger partial charge < -0.3 is 14.5 Å². The molecule has 2 amide bonds. The summed E-state index contributed by atoms with van der Waals surface area (Å²) in [4.78, 5) is 29.6. The van der Waals surface area contributed by atoms with Crippen molar-refractivity contribution < 1.29 is 14.3 Å². The second-order valence-corrected chi connectivity index (χ2v) is 9.52. The van der Waals surface area contributed by atoms with Crippen LogP contribution in [0.25, 0.3) is 0 Å². The highest BCUT2D eigenvalue weighted by molar-refractivity contribution is 5.95. The minimum atomic E-state index is -0.0678. The van der Waals surface area contributed by atoms with E-state index in [1.807, 2.05) is 41.8 Å². The molecule has 1 aromatic heterocycles. The van der Waals surface area contributed by atoms with Crippen molar-refractivity contribution in [2.75, 3.05) is 39.4 Å². The summed E-state index contributed by atoms with van der Waals surface area (Å²) in [5, 5.41) is 8.52. The molecule has 8 heteroatoms. The molecule has 3 aliphatic rings. The molecule has 0 bridgehead atoms. The fraction of sp³-hybridized carbons (Fsp3) is 0.583. The van der Waals surface area contributed by atoms with E-state index in [9.17, 15) is 9.59 Å². The van der Waals surface area contributed by atoms with Crippen molar-refractivity contribution in [1.82, 2.24) is 24.8 Å². The first kappa shape index (κ1) is 21.1. The zero-order chi connectivity index (χ0) is 22.3. The van der Waals surface area contributed by atoms with E-state index in [1.165, 1.54) is 5.56 Å². The molecule has 0 radical (unpaired) electrons. The van der Waals surface area contributed by atoms with E-state index in [-0.39, 0.29) is 23.3 Å². The van der Waals surface area contributed by atoms with Crippen LogP contribution in [-0.4, -0.2) is 76.0 Å². The molecule has 8 nitrogen and oxygen atoms in total. The maximum absolute atomic E-state index is 13.1. The molecule has 1 spiro atoms. The van der Waals surface area contributed by atoms with Crippen LogP contribution in [0, 0.1) is 19.3 Å². The van der Waals surface area contributed by atoms with Crippen molar-refractivity contribution >= 4 is 11.8 Å². The van der Waals surface area contributed by atoms with Gasteiger partial charge in [-0.3, -0.25) is 9.59 Å². The largest absolute Gasteiger partial charge is 0.378 e. The lowest BCUT2D eigenvalue weighted by Crippen LogP contribution is -2.51. The van der Waals surface area contributed by atoms with E-state index < -0.39 is 0 Å². The van der Waals surface area contributed by atoms with Gasteiger partial charge in [-0.15, -0.1) is 5.10 Å². The van der Waals surface area contributed by atoms with Crippen molar-refractivity contribution in [3.05, 3.63) is 46.8 Å². The summed E-state index contributed by atoms with van der Waals surface area (Å²) in [6.45, 7) is 7.92. The summed E-state index contributed by atoms with van der Waals surface area (Å²) in [7, 11) is 0. The zero-order valence-electron chi connectivity index (χ0n) is 18.9. The van der Waals surface area contributed by atoms with Gasteiger partial charge in [0.25, 0.3) is 11.8 Å². The van der Waals surface area contributed by atoms with Crippen LogP contribution in [0.15, 0.2) is 24.4 Å². The Bertz CT molecular complexity index is 1020. The van der Waals surface area contributed by atoms with Gasteiger partial charge in [-0.05, 0) is 56.6 Å². The van der Waals surface area contributed by atoms with Gasteiger partial charge in [0.2, 0.25) is 0 Å². The Morgan fingerprint density at radius 1 is 1.00 bits per heavy atom. The topological polar surface area (TPSA) is 80.6 Å². The highest BCUT2D eigenvalue weighted by Crippen LogP contribution is 2.56. The molecule has 0 N–H and O–H groups in total. The van der Waals surface area contributed by atoms with E-state index in [2.05, 4.69) is 16.4 Å². The van der Waals surface area contributed by atoms with Gasteiger partial charge in [0.1, 0.15) is 0 Å². The predicted molar refractivity (Wildman–Crippen MR) is 119 cm³/mol. The third-order valence-electron chi connectivity index (χ3n) is 7.63. The van der Waals surface area contributed by atoms with E-state index in [0.29, 0.717) is 32.0 Å². The Labute approximate surface area is 188 Å². The lowest BCUT2D eigenvalue weighted by Gasteiger charge is -2.53. The van der Waals surface area contributed by atoms with E-state index in [1.54, 1.807) is 4.90 Å². The number of hydrogen-bond donors (Lipinski definition) is 0. The van der Waals surface area contributed by atoms with Crippen LogP contribution in [-0.2, 0) is 4.74 Å². The third-order valence-corrected chi connectivity index (χ3v) is 7.63. The molecule has 32 heavy (non-hydrogen) atoms. The number of benzene rings is 1. The molecule has 2 aromatic rings. The maximum Gasteiger partial charge on any atom is 0.276 e. The molecule has 1 saturated carbocycles. The molecular weight excluding hydrogens is 406 g/mol. The number of morpholine rings is 1. The van der Waals surface area contributed by atoms with Gasteiger partial charge in [0, 0.05) is 31.7 Å². The van der Waals surface area contributed by atoms with E-state index >= 15 is 0 Å². The summed E-state index contributed by atoms with van der Waals surface area (Å²) in [5.74, 6) is 0.0641. The second-order valence-electron chi connectivity index (χ2n) is 9.52. The molecule has 5 rings (SSSR count). The summed E-state index contributed by atoms with van der Waals surface area (Å²) >= 11 is 0. The van der Waals surface area contributed by atoms with Crippen molar-refractivity contribution in [2.45, 2.75) is 45.6 Å². The normalized spacial score (nSPS) is 22.6. The molecule has 2 aliphatic heterocycles. The number of piperidine rings is 1. The molecule has 3 fully saturated rings. The van der Waals surface area contributed by atoms with Gasteiger partial charge in [-0.1, -0.05) is 22.9 Å². The van der Waals surface area contributed by atoms with Crippen LogP contribution >= 0.6 is 0 Å². The molecule has 170 valence electrons. The lowest BCUT2D eigenvalue weighted by molar-refractivity contribution is -0.0268. The third kappa shape index (κ3) is 3.70. The van der Waals surface area contributed by atoms with Crippen molar-refractivity contribution in [2.24, 2.45) is 5.41 Å². The number of hydrogen-bond acceptors (Lipinski definition) is 5. The lowest BCUT2D eigenvalue weighted by atomic mass is 9.59. The van der Waals surface area contributed by atoms with Gasteiger partial charge in [-0.2, -0.15) is 0 Å². The summed E-state index contributed by atoms with van der Waals surface area (Å²) in [6, 6.07) is 6.28. The molecule has 1 aromatic carbocycles. The van der Waals surface area contributed by atoms with Crippen molar-refractivity contribution in [3.8, 4) is 0 Å². The second kappa shape index (κ2) is 8.31.